The van der Waals surface area contributed by atoms with Crippen LogP contribution in [-0.2, 0) is 23.3 Å². The van der Waals surface area contributed by atoms with E-state index < -0.39 is 15.9 Å². The maximum atomic E-state index is 11.2. The zero-order valence-electron chi connectivity index (χ0n) is 8.94. The summed E-state index contributed by atoms with van der Waals surface area (Å²) in [4.78, 5) is 1.31. The summed E-state index contributed by atoms with van der Waals surface area (Å²) >= 11 is 0. The van der Waals surface area contributed by atoms with Crippen molar-refractivity contribution >= 4 is 9.84 Å². The van der Waals surface area contributed by atoms with Crippen molar-refractivity contribution in [2.75, 3.05) is 11.5 Å². The molecule has 7 nitrogen and oxygen atoms in total. The van der Waals surface area contributed by atoms with Crippen LogP contribution in [-0.4, -0.2) is 51.3 Å². The van der Waals surface area contributed by atoms with Gasteiger partial charge in [-0.25, -0.2) is 8.42 Å². The fraction of sp³-hybridized carbons (Fsp3) is 0.875. The van der Waals surface area contributed by atoms with Crippen LogP contribution in [0.25, 0.3) is 0 Å². The maximum absolute atomic E-state index is 11.2. The normalized spacial score (nSPS) is 25.8. The number of sulfone groups is 1. The van der Waals surface area contributed by atoms with E-state index in [4.69, 9.17) is 0 Å². The summed E-state index contributed by atoms with van der Waals surface area (Å²) in [5.74, 6) is 0.477. The lowest BCUT2D eigenvalue weighted by atomic mass is 9.99. The molecule has 1 aliphatic rings. The standard InChI is InChI=1S/C8H14N4O3S/c1-12-10-8(9-11-12)4-7(13)6-2-3-16(14,15)5-6/h6-7,13H,2-5H2,1H3. The van der Waals surface area contributed by atoms with Crippen molar-refractivity contribution in [1.82, 2.24) is 20.2 Å². The number of nitrogens with zero attached hydrogens (tertiary/aromatic N) is 4. The summed E-state index contributed by atoms with van der Waals surface area (Å²) in [5, 5.41) is 21.2. The Bertz CT molecular complexity index is 469. The Morgan fingerprint density at radius 2 is 2.38 bits per heavy atom. The van der Waals surface area contributed by atoms with Crippen LogP contribution < -0.4 is 0 Å². The smallest absolute Gasteiger partial charge is 0.177 e. The number of tetrazole rings is 1. The van der Waals surface area contributed by atoms with Crippen molar-refractivity contribution in [1.29, 1.82) is 0 Å². The van der Waals surface area contributed by atoms with Gasteiger partial charge < -0.3 is 5.11 Å². The first-order valence-corrected chi connectivity index (χ1v) is 6.90. The molecule has 1 aromatic rings. The Morgan fingerprint density at radius 1 is 1.62 bits per heavy atom. The van der Waals surface area contributed by atoms with Crippen molar-refractivity contribution in [3.8, 4) is 0 Å². The Hall–Kier alpha value is -1.02. The van der Waals surface area contributed by atoms with Crippen LogP contribution in [0.2, 0.25) is 0 Å². The molecule has 90 valence electrons. The zero-order valence-corrected chi connectivity index (χ0v) is 9.76. The molecule has 2 unspecified atom stereocenters. The number of aryl methyl sites for hydroxylation is 1. The molecule has 1 saturated heterocycles. The van der Waals surface area contributed by atoms with E-state index in [1.54, 1.807) is 7.05 Å². The zero-order chi connectivity index (χ0) is 11.8. The minimum Gasteiger partial charge on any atom is -0.392 e. The molecule has 2 rings (SSSR count). The third-order valence-corrected chi connectivity index (χ3v) is 4.55. The van der Waals surface area contributed by atoms with E-state index >= 15 is 0 Å². The average Bonchev–Trinajstić information content (AvgIpc) is 2.72. The second-order valence-electron chi connectivity index (χ2n) is 4.13. The quantitative estimate of drug-likeness (QED) is 0.700. The molecule has 0 aliphatic carbocycles. The first-order chi connectivity index (χ1) is 7.46. The van der Waals surface area contributed by atoms with Crippen LogP contribution in [0.4, 0.5) is 0 Å². The molecule has 0 aromatic carbocycles. The van der Waals surface area contributed by atoms with Crippen LogP contribution in [0.1, 0.15) is 12.2 Å². The van der Waals surface area contributed by atoms with Crippen molar-refractivity contribution in [2.24, 2.45) is 13.0 Å². The Kier molecular flexibility index (Phi) is 2.94. The van der Waals surface area contributed by atoms with Gasteiger partial charge in [0, 0.05) is 12.3 Å². The molecule has 2 heterocycles. The molecule has 1 N–H and O–H groups in total. The highest BCUT2D eigenvalue weighted by atomic mass is 32.2. The van der Waals surface area contributed by atoms with Gasteiger partial charge in [0.2, 0.25) is 0 Å². The molecule has 0 bridgehead atoms. The van der Waals surface area contributed by atoms with Crippen molar-refractivity contribution in [2.45, 2.75) is 18.9 Å². The van der Waals surface area contributed by atoms with Crippen molar-refractivity contribution < 1.29 is 13.5 Å². The molecule has 1 aromatic heterocycles. The SMILES string of the molecule is Cn1nnc(CC(O)C2CCS(=O)(=O)C2)n1. The van der Waals surface area contributed by atoms with Crippen molar-refractivity contribution in [3.05, 3.63) is 5.82 Å². The van der Waals surface area contributed by atoms with Gasteiger partial charge in [-0.1, -0.05) is 0 Å². The van der Waals surface area contributed by atoms with E-state index in [0.717, 1.165) is 0 Å². The van der Waals surface area contributed by atoms with Gasteiger partial charge in [-0.05, 0) is 11.6 Å². The first-order valence-electron chi connectivity index (χ1n) is 5.07. The van der Waals surface area contributed by atoms with Crippen LogP contribution in [0.15, 0.2) is 0 Å². The van der Waals surface area contributed by atoms with E-state index in [9.17, 15) is 13.5 Å². The number of rotatable bonds is 3. The molecule has 8 heteroatoms. The lowest BCUT2D eigenvalue weighted by Crippen LogP contribution is -2.24. The topological polar surface area (TPSA) is 98.0 Å². The molecule has 1 fully saturated rings. The summed E-state index contributed by atoms with van der Waals surface area (Å²) in [5.41, 5.74) is 0. The minimum atomic E-state index is -2.95. The van der Waals surface area contributed by atoms with E-state index in [1.807, 2.05) is 0 Å². The van der Waals surface area contributed by atoms with Crippen LogP contribution in [0, 0.1) is 5.92 Å². The second-order valence-corrected chi connectivity index (χ2v) is 6.36. The predicted molar refractivity (Wildman–Crippen MR) is 55.3 cm³/mol. The van der Waals surface area contributed by atoms with Gasteiger partial charge in [0.05, 0.1) is 24.7 Å². The second kappa shape index (κ2) is 4.10. The van der Waals surface area contributed by atoms with Gasteiger partial charge >= 0.3 is 0 Å². The highest BCUT2D eigenvalue weighted by Crippen LogP contribution is 2.23. The van der Waals surface area contributed by atoms with Gasteiger partial charge in [-0.2, -0.15) is 4.80 Å². The minimum absolute atomic E-state index is 0.0639. The molecule has 0 amide bonds. The Morgan fingerprint density at radius 3 is 2.88 bits per heavy atom. The summed E-state index contributed by atoms with van der Waals surface area (Å²) in [6.45, 7) is 0. The molecular formula is C8H14N4O3S. The lowest BCUT2D eigenvalue weighted by Gasteiger charge is -2.13. The molecule has 16 heavy (non-hydrogen) atoms. The molecule has 0 spiro atoms. The van der Waals surface area contributed by atoms with Crippen molar-refractivity contribution in [3.63, 3.8) is 0 Å². The van der Waals surface area contributed by atoms with Crippen LogP contribution in [0.3, 0.4) is 0 Å². The highest BCUT2D eigenvalue weighted by Gasteiger charge is 2.33. The van der Waals surface area contributed by atoms with Gasteiger partial charge in [0.1, 0.15) is 0 Å². The third kappa shape index (κ3) is 2.56. The lowest BCUT2D eigenvalue weighted by molar-refractivity contribution is 0.118. The number of aliphatic hydroxyl groups excluding tert-OH is 1. The largest absolute Gasteiger partial charge is 0.392 e. The monoisotopic (exact) mass is 246 g/mol. The van der Waals surface area contributed by atoms with Gasteiger partial charge in [0.15, 0.2) is 15.7 Å². The number of hydrogen-bond acceptors (Lipinski definition) is 6. The number of hydrogen-bond donors (Lipinski definition) is 1. The molecule has 1 aliphatic heterocycles. The summed E-state index contributed by atoms with van der Waals surface area (Å²) in [7, 11) is -1.31. The first kappa shape index (κ1) is 11.5. The van der Waals surface area contributed by atoms with E-state index in [2.05, 4.69) is 15.4 Å². The fourth-order valence-electron chi connectivity index (χ4n) is 1.89. The number of aromatic nitrogens is 4. The summed E-state index contributed by atoms with van der Waals surface area (Å²) in [6.07, 6.45) is 0.0686. The fourth-order valence-corrected chi connectivity index (χ4v) is 3.76. The average molecular weight is 246 g/mol. The van der Waals surface area contributed by atoms with Gasteiger partial charge in [-0.3, -0.25) is 0 Å². The third-order valence-electron chi connectivity index (χ3n) is 2.75. The predicted octanol–water partition coefficient (Wildman–Crippen LogP) is -1.45. The maximum Gasteiger partial charge on any atom is 0.177 e. The number of aliphatic hydroxyl groups is 1. The van der Waals surface area contributed by atoms with Crippen LogP contribution >= 0.6 is 0 Å². The van der Waals surface area contributed by atoms with Gasteiger partial charge in [-0.15, -0.1) is 10.2 Å². The van der Waals surface area contributed by atoms with E-state index in [0.29, 0.717) is 12.2 Å². The van der Waals surface area contributed by atoms with Crippen LogP contribution in [0.5, 0.6) is 0 Å². The Balaban J connectivity index is 1.96. The molecule has 0 radical (unpaired) electrons. The molecule has 2 atom stereocenters. The molecular weight excluding hydrogens is 232 g/mol. The summed E-state index contributed by atoms with van der Waals surface area (Å²) in [6, 6.07) is 0. The highest BCUT2D eigenvalue weighted by molar-refractivity contribution is 7.91. The van der Waals surface area contributed by atoms with E-state index in [-0.39, 0.29) is 23.8 Å². The summed E-state index contributed by atoms with van der Waals surface area (Å²) < 4.78 is 22.5. The van der Waals surface area contributed by atoms with E-state index in [1.165, 1.54) is 4.80 Å². The van der Waals surface area contributed by atoms with Gasteiger partial charge in [0.25, 0.3) is 0 Å². The Labute approximate surface area is 93.4 Å². The molecule has 0 saturated carbocycles.